The monoisotopic (exact) mass is 299 g/mol. The van der Waals surface area contributed by atoms with Crippen molar-refractivity contribution in [3.05, 3.63) is 35.4 Å². The van der Waals surface area contributed by atoms with E-state index in [1.54, 1.807) is 13.8 Å². The highest BCUT2D eigenvalue weighted by atomic mass is 31.2. The summed E-state index contributed by atoms with van der Waals surface area (Å²) in [5, 5.41) is 3.05. The summed E-state index contributed by atoms with van der Waals surface area (Å²) >= 11 is 0. The van der Waals surface area contributed by atoms with Crippen LogP contribution in [0.3, 0.4) is 0 Å². The first-order valence-corrected chi connectivity index (χ1v) is 8.58. The lowest BCUT2D eigenvalue weighted by Gasteiger charge is -2.30. The molecule has 0 aliphatic carbocycles. The summed E-state index contributed by atoms with van der Waals surface area (Å²) in [4.78, 5) is 0. The highest BCUT2D eigenvalue weighted by Gasteiger charge is 2.32. The molecule has 0 atom stereocenters. The maximum absolute atomic E-state index is 12.5. The summed E-state index contributed by atoms with van der Waals surface area (Å²) in [5.74, 6) is 0. The first-order valence-electron chi connectivity index (χ1n) is 7.04. The molecule has 1 rings (SSSR count). The average molecular weight is 299 g/mol. The van der Waals surface area contributed by atoms with E-state index in [0.717, 1.165) is 6.42 Å². The molecule has 0 heterocycles. The van der Waals surface area contributed by atoms with E-state index in [-0.39, 0.29) is 5.54 Å². The van der Waals surface area contributed by atoms with E-state index in [9.17, 15) is 4.57 Å². The van der Waals surface area contributed by atoms with Gasteiger partial charge in [0, 0.05) is 5.54 Å². The van der Waals surface area contributed by atoms with Crippen molar-refractivity contribution in [2.75, 3.05) is 13.2 Å². The Labute approximate surface area is 122 Å². The zero-order chi connectivity index (χ0) is 15.2. The second kappa shape index (κ2) is 7.37. The molecule has 5 heteroatoms. The molecule has 0 fully saturated rings. The van der Waals surface area contributed by atoms with E-state index in [1.165, 1.54) is 11.1 Å². The van der Waals surface area contributed by atoms with Crippen molar-refractivity contribution in [3.8, 4) is 0 Å². The Balaban J connectivity index is 2.76. The van der Waals surface area contributed by atoms with E-state index in [1.807, 2.05) is 13.8 Å². The third-order valence-corrected chi connectivity index (χ3v) is 4.88. The molecule has 4 nitrogen and oxygen atoms in total. The van der Waals surface area contributed by atoms with Gasteiger partial charge in [-0.25, -0.2) is 9.65 Å². The van der Waals surface area contributed by atoms with Gasteiger partial charge in [-0.3, -0.25) is 9.05 Å². The number of aryl methyl sites for hydroxylation is 1. The molecular weight excluding hydrogens is 273 g/mol. The van der Waals surface area contributed by atoms with Gasteiger partial charge in [0.1, 0.15) is 0 Å². The Hall–Kier alpha value is -0.670. The average Bonchev–Trinajstić information content (AvgIpc) is 2.31. The number of nitrogens with one attached hydrogen (secondary N) is 1. The van der Waals surface area contributed by atoms with E-state index in [0.29, 0.717) is 13.2 Å². The van der Waals surface area contributed by atoms with Gasteiger partial charge in [-0.15, -0.1) is 0 Å². The fourth-order valence-corrected chi connectivity index (χ4v) is 3.77. The normalized spacial score (nSPS) is 12.7. The smallest absolute Gasteiger partial charge is 0.297 e. The van der Waals surface area contributed by atoms with Gasteiger partial charge in [-0.2, -0.15) is 0 Å². The van der Waals surface area contributed by atoms with E-state index >= 15 is 0 Å². The number of hydrogen-bond donors (Lipinski definition) is 1. The summed E-state index contributed by atoms with van der Waals surface area (Å²) < 4.78 is 23.1. The largest absolute Gasteiger partial charge is 0.405 e. The lowest BCUT2D eigenvalue weighted by atomic mass is 9.96. The Morgan fingerprint density at radius 2 is 1.60 bits per heavy atom. The summed E-state index contributed by atoms with van der Waals surface area (Å²) in [5.41, 5.74) is 2.04. The third kappa shape index (κ3) is 5.76. The Morgan fingerprint density at radius 1 is 1.10 bits per heavy atom. The third-order valence-electron chi connectivity index (χ3n) is 2.80. The maximum atomic E-state index is 12.5. The fourth-order valence-electron chi connectivity index (χ4n) is 2.07. The summed E-state index contributed by atoms with van der Waals surface area (Å²) in [6.07, 6.45) is 0.747. The van der Waals surface area contributed by atoms with Crippen molar-refractivity contribution >= 4 is 7.75 Å². The number of rotatable bonds is 8. The van der Waals surface area contributed by atoms with Crippen LogP contribution in [-0.4, -0.2) is 18.8 Å². The van der Waals surface area contributed by atoms with Crippen LogP contribution >= 0.6 is 7.75 Å². The first-order chi connectivity index (χ1) is 9.30. The van der Waals surface area contributed by atoms with Crippen molar-refractivity contribution in [3.63, 3.8) is 0 Å². The summed E-state index contributed by atoms with van der Waals surface area (Å²) in [7, 11) is -3.24. The van der Waals surface area contributed by atoms with Crippen LogP contribution in [0, 0.1) is 6.92 Å². The molecule has 114 valence electrons. The number of benzene rings is 1. The molecule has 0 saturated carbocycles. The van der Waals surface area contributed by atoms with Crippen LogP contribution in [0.1, 0.15) is 38.8 Å². The minimum atomic E-state index is -3.24. The topological polar surface area (TPSA) is 47.6 Å². The van der Waals surface area contributed by atoms with Crippen molar-refractivity contribution in [1.29, 1.82) is 0 Å². The van der Waals surface area contributed by atoms with Crippen molar-refractivity contribution in [2.24, 2.45) is 0 Å². The maximum Gasteiger partial charge on any atom is 0.405 e. The van der Waals surface area contributed by atoms with Gasteiger partial charge in [0.2, 0.25) is 0 Å². The van der Waals surface area contributed by atoms with Gasteiger partial charge < -0.3 is 0 Å². The van der Waals surface area contributed by atoms with E-state index in [4.69, 9.17) is 9.05 Å². The van der Waals surface area contributed by atoms with Crippen LogP contribution in [0.15, 0.2) is 24.3 Å². The molecule has 1 aromatic carbocycles. The zero-order valence-electron chi connectivity index (χ0n) is 13.1. The van der Waals surface area contributed by atoms with Crippen molar-refractivity contribution in [1.82, 2.24) is 5.09 Å². The first kappa shape index (κ1) is 17.4. The quantitative estimate of drug-likeness (QED) is 0.735. The van der Waals surface area contributed by atoms with Gasteiger partial charge in [0.25, 0.3) is 0 Å². The van der Waals surface area contributed by atoms with Gasteiger partial charge >= 0.3 is 7.75 Å². The van der Waals surface area contributed by atoms with Gasteiger partial charge in [0.05, 0.1) is 13.2 Å². The number of hydrogen-bond acceptors (Lipinski definition) is 3. The van der Waals surface area contributed by atoms with E-state index in [2.05, 4.69) is 36.3 Å². The Bertz CT molecular complexity index is 447. The SMILES string of the molecule is CCOP(=O)(NC(C)(C)Cc1ccc(C)cc1)OCC. The molecule has 0 bridgehead atoms. The van der Waals surface area contributed by atoms with Crippen molar-refractivity contribution < 1.29 is 13.6 Å². The van der Waals surface area contributed by atoms with Gasteiger partial charge in [-0.1, -0.05) is 29.8 Å². The van der Waals surface area contributed by atoms with Crippen LogP contribution in [0.5, 0.6) is 0 Å². The van der Waals surface area contributed by atoms with Gasteiger partial charge in [0.15, 0.2) is 0 Å². The Morgan fingerprint density at radius 3 is 2.05 bits per heavy atom. The molecular formula is C15H26NO3P. The lowest BCUT2D eigenvalue weighted by molar-refractivity contribution is 0.199. The Kier molecular flexibility index (Phi) is 6.41. The summed E-state index contributed by atoms with van der Waals surface area (Å²) in [6, 6.07) is 8.34. The molecule has 0 amide bonds. The zero-order valence-corrected chi connectivity index (χ0v) is 14.0. The molecule has 1 aromatic rings. The highest BCUT2D eigenvalue weighted by Crippen LogP contribution is 2.45. The van der Waals surface area contributed by atoms with E-state index < -0.39 is 7.75 Å². The molecule has 1 N–H and O–H groups in total. The second-order valence-electron chi connectivity index (χ2n) is 5.49. The van der Waals surface area contributed by atoms with Crippen LogP contribution in [0.25, 0.3) is 0 Å². The molecule has 0 aliphatic heterocycles. The molecule has 0 unspecified atom stereocenters. The molecule has 20 heavy (non-hydrogen) atoms. The van der Waals surface area contributed by atoms with Gasteiger partial charge in [-0.05, 0) is 46.6 Å². The minimum Gasteiger partial charge on any atom is -0.297 e. The molecule has 0 saturated heterocycles. The molecule has 0 radical (unpaired) electrons. The van der Waals surface area contributed by atoms with Crippen molar-refractivity contribution in [2.45, 2.75) is 46.6 Å². The standard InChI is InChI=1S/C15H26NO3P/c1-6-18-20(17,19-7-2)16-15(4,5)12-14-10-8-13(3)9-11-14/h8-11H,6-7,12H2,1-5H3,(H,16,17). The molecule has 0 spiro atoms. The molecule has 0 aromatic heterocycles. The lowest BCUT2D eigenvalue weighted by Crippen LogP contribution is -2.40. The fraction of sp³-hybridized carbons (Fsp3) is 0.600. The molecule has 0 aliphatic rings. The summed E-state index contributed by atoms with van der Waals surface area (Å²) in [6.45, 7) is 10.4. The van der Waals surface area contributed by atoms with Crippen LogP contribution in [-0.2, 0) is 20.0 Å². The predicted molar refractivity (Wildman–Crippen MR) is 83.0 cm³/mol. The van der Waals surface area contributed by atoms with Crippen LogP contribution in [0.2, 0.25) is 0 Å². The highest BCUT2D eigenvalue weighted by molar-refractivity contribution is 7.51. The van der Waals surface area contributed by atoms with Crippen LogP contribution in [0.4, 0.5) is 0 Å². The predicted octanol–water partition coefficient (Wildman–Crippen LogP) is 4.09. The second-order valence-corrected chi connectivity index (χ2v) is 7.23. The van der Waals surface area contributed by atoms with Crippen LogP contribution < -0.4 is 5.09 Å². The minimum absolute atomic E-state index is 0.352.